The maximum atomic E-state index is 5.37. The molecule has 156 valence electrons. The Kier molecular flexibility index (Phi) is 9.17. The zero-order valence-electron chi connectivity index (χ0n) is 17.1. The molecule has 0 aliphatic carbocycles. The molecule has 0 fully saturated rings. The lowest BCUT2D eigenvalue weighted by Crippen LogP contribution is -2.36. The fourth-order valence-corrected chi connectivity index (χ4v) is 2.71. The van der Waals surface area contributed by atoms with Crippen LogP contribution in [0.4, 0.5) is 0 Å². The second kappa shape index (κ2) is 11.6. The van der Waals surface area contributed by atoms with Gasteiger partial charge >= 0.3 is 0 Å². The van der Waals surface area contributed by atoms with Gasteiger partial charge in [-0.05, 0) is 24.0 Å². The van der Waals surface area contributed by atoms with Gasteiger partial charge in [0.1, 0.15) is 0 Å². The van der Waals surface area contributed by atoms with Crippen LogP contribution in [0, 0.1) is 0 Å². The smallest absolute Gasteiger partial charge is 0.191 e. The quantitative estimate of drug-likeness (QED) is 0.274. The minimum Gasteiger partial charge on any atom is -0.359 e. The van der Waals surface area contributed by atoms with Crippen LogP contribution in [-0.2, 0) is 19.6 Å². The highest BCUT2D eigenvalue weighted by molar-refractivity contribution is 14.0. The number of halogens is 1. The van der Waals surface area contributed by atoms with Gasteiger partial charge in [0, 0.05) is 31.5 Å². The number of nitrogens with one attached hydrogen (secondary N) is 2. The van der Waals surface area contributed by atoms with Gasteiger partial charge in [-0.25, -0.2) is 9.98 Å². The lowest BCUT2D eigenvalue weighted by molar-refractivity contribution is 0.372. The fraction of sp³-hybridized carbons (Fsp3) is 0.381. The largest absolute Gasteiger partial charge is 0.359 e. The number of rotatable bonds is 8. The number of hydrogen-bond donors (Lipinski definition) is 2. The van der Waals surface area contributed by atoms with Gasteiger partial charge in [0.15, 0.2) is 11.7 Å². The average Bonchev–Trinajstić information content (AvgIpc) is 3.37. The Morgan fingerprint density at radius 2 is 1.93 bits per heavy atom. The first kappa shape index (κ1) is 22.9. The van der Waals surface area contributed by atoms with Crippen molar-refractivity contribution in [3.63, 3.8) is 0 Å². The molecule has 0 saturated carbocycles. The predicted octanol–water partition coefficient (Wildman–Crippen LogP) is 3.92. The normalized spacial score (nSPS) is 11.4. The molecule has 2 heterocycles. The van der Waals surface area contributed by atoms with Crippen LogP contribution in [-0.4, -0.2) is 27.2 Å². The van der Waals surface area contributed by atoms with Gasteiger partial charge in [0.2, 0.25) is 0 Å². The first-order valence-corrected chi connectivity index (χ1v) is 9.65. The van der Waals surface area contributed by atoms with Crippen LogP contribution in [0.1, 0.15) is 49.3 Å². The molecule has 0 unspecified atom stereocenters. The monoisotopic (exact) mass is 508 g/mol. The Labute approximate surface area is 189 Å². The maximum Gasteiger partial charge on any atom is 0.191 e. The molecule has 0 radical (unpaired) electrons. The summed E-state index contributed by atoms with van der Waals surface area (Å²) in [7, 11) is 0. The van der Waals surface area contributed by atoms with E-state index in [2.05, 4.69) is 68.4 Å². The molecule has 7 nitrogen and oxygen atoms in total. The summed E-state index contributed by atoms with van der Waals surface area (Å²) in [6.07, 6.45) is 5.58. The van der Waals surface area contributed by atoms with Crippen molar-refractivity contribution in [2.24, 2.45) is 4.99 Å². The summed E-state index contributed by atoms with van der Waals surface area (Å²) in [5.41, 5.74) is 3.37. The molecule has 8 heteroatoms. The van der Waals surface area contributed by atoms with E-state index in [9.17, 15) is 0 Å². The topological polar surface area (TPSA) is 80.3 Å². The fourth-order valence-electron chi connectivity index (χ4n) is 2.71. The molecule has 2 N–H and O–H groups in total. The number of benzene rings is 1. The third-order valence-electron chi connectivity index (χ3n) is 4.31. The van der Waals surface area contributed by atoms with Crippen LogP contribution < -0.4 is 10.6 Å². The number of aromatic nitrogens is 3. The summed E-state index contributed by atoms with van der Waals surface area (Å²) in [5.74, 6) is 1.92. The van der Waals surface area contributed by atoms with Crippen molar-refractivity contribution in [2.75, 3.05) is 6.54 Å². The Bertz CT molecular complexity index is 871. The van der Waals surface area contributed by atoms with Crippen molar-refractivity contribution in [3.8, 4) is 0 Å². The third kappa shape index (κ3) is 7.19. The molecular formula is C21H29IN6O. The highest BCUT2D eigenvalue weighted by Crippen LogP contribution is 2.13. The molecule has 3 aromatic rings. The van der Waals surface area contributed by atoms with E-state index in [1.165, 1.54) is 5.56 Å². The number of aliphatic imine (C=N–C) groups is 1. The van der Waals surface area contributed by atoms with Crippen LogP contribution in [0.2, 0.25) is 0 Å². The van der Waals surface area contributed by atoms with Crippen molar-refractivity contribution in [2.45, 2.75) is 46.3 Å². The predicted molar refractivity (Wildman–Crippen MR) is 125 cm³/mol. The molecule has 0 saturated heterocycles. The van der Waals surface area contributed by atoms with Crippen molar-refractivity contribution in [1.29, 1.82) is 0 Å². The van der Waals surface area contributed by atoms with Gasteiger partial charge < -0.3 is 19.7 Å². The van der Waals surface area contributed by atoms with E-state index in [-0.39, 0.29) is 24.0 Å². The van der Waals surface area contributed by atoms with E-state index >= 15 is 0 Å². The van der Waals surface area contributed by atoms with E-state index < -0.39 is 0 Å². The van der Waals surface area contributed by atoms with Crippen LogP contribution in [0.5, 0.6) is 0 Å². The zero-order valence-corrected chi connectivity index (χ0v) is 19.5. The molecule has 0 aliphatic heterocycles. The van der Waals surface area contributed by atoms with Gasteiger partial charge in [-0.3, -0.25) is 0 Å². The first-order chi connectivity index (χ1) is 13.6. The van der Waals surface area contributed by atoms with Gasteiger partial charge in [-0.15, -0.1) is 24.0 Å². The van der Waals surface area contributed by atoms with E-state index in [4.69, 9.17) is 4.52 Å². The van der Waals surface area contributed by atoms with Crippen molar-refractivity contribution < 1.29 is 4.52 Å². The van der Waals surface area contributed by atoms with Crippen molar-refractivity contribution in [3.05, 3.63) is 71.6 Å². The summed E-state index contributed by atoms with van der Waals surface area (Å²) in [5, 5.41) is 10.6. The Hall–Kier alpha value is -2.36. The van der Waals surface area contributed by atoms with Crippen LogP contribution >= 0.6 is 24.0 Å². The summed E-state index contributed by atoms with van der Waals surface area (Å²) < 4.78 is 7.42. The third-order valence-corrected chi connectivity index (χ3v) is 4.31. The van der Waals surface area contributed by atoms with Gasteiger partial charge in [-0.1, -0.05) is 43.3 Å². The second-order valence-electron chi connectivity index (χ2n) is 6.97. The van der Waals surface area contributed by atoms with E-state index in [1.54, 1.807) is 6.20 Å². The summed E-state index contributed by atoms with van der Waals surface area (Å²) in [6, 6.07) is 10.5. The lowest BCUT2D eigenvalue weighted by Gasteiger charge is -2.10. The first-order valence-electron chi connectivity index (χ1n) is 9.65. The minimum absolute atomic E-state index is 0. The lowest BCUT2D eigenvalue weighted by atomic mass is 10.1. The Morgan fingerprint density at radius 3 is 2.55 bits per heavy atom. The van der Waals surface area contributed by atoms with Crippen LogP contribution in [0.3, 0.4) is 0 Å². The Morgan fingerprint density at radius 1 is 1.17 bits per heavy atom. The van der Waals surface area contributed by atoms with Gasteiger partial charge in [-0.2, -0.15) is 0 Å². The zero-order chi connectivity index (χ0) is 19.8. The average molecular weight is 508 g/mol. The van der Waals surface area contributed by atoms with Gasteiger partial charge in [0.05, 0.1) is 25.1 Å². The van der Waals surface area contributed by atoms with E-state index in [0.717, 1.165) is 36.1 Å². The maximum absolute atomic E-state index is 5.37. The summed E-state index contributed by atoms with van der Waals surface area (Å²) >= 11 is 0. The summed E-state index contributed by atoms with van der Waals surface area (Å²) in [4.78, 5) is 8.74. The minimum atomic E-state index is 0. The molecule has 0 spiro atoms. The summed E-state index contributed by atoms with van der Waals surface area (Å²) in [6.45, 7) is 9.02. The highest BCUT2D eigenvalue weighted by atomic mass is 127. The molecule has 1 aromatic carbocycles. The number of guanidine groups is 1. The molecular weight excluding hydrogens is 479 g/mol. The number of hydrogen-bond acceptors (Lipinski definition) is 4. The van der Waals surface area contributed by atoms with Crippen LogP contribution in [0.25, 0.3) is 0 Å². The number of nitrogens with zero attached hydrogens (tertiary/aromatic N) is 4. The standard InChI is InChI=1S/C21H28N6O.HI/c1-4-23-21(25-13-19-11-20(16(2)3)26-28-19)24-12-17-5-7-18(8-6-17)14-27-10-9-22-15-27;/h5-11,15-16H,4,12-14H2,1-3H3,(H2,23,24,25);1H. The van der Waals surface area contributed by atoms with Crippen LogP contribution in [0.15, 0.2) is 58.6 Å². The molecule has 0 atom stereocenters. The molecule has 0 amide bonds. The van der Waals surface area contributed by atoms with E-state index in [0.29, 0.717) is 19.0 Å². The van der Waals surface area contributed by atoms with Gasteiger partial charge in [0.25, 0.3) is 0 Å². The molecule has 0 aliphatic rings. The SMILES string of the molecule is CCNC(=NCc1ccc(Cn2ccnc2)cc1)NCc1cc(C(C)C)no1.I. The second-order valence-corrected chi connectivity index (χ2v) is 6.97. The Balaban J connectivity index is 0.00000300. The molecule has 2 aromatic heterocycles. The van der Waals surface area contributed by atoms with Crippen molar-refractivity contribution in [1.82, 2.24) is 25.3 Å². The highest BCUT2D eigenvalue weighted by Gasteiger charge is 2.08. The van der Waals surface area contributed by atoms with E-state index in [1.807, 2.05) is 25.5 Å². The molecule has 3 rings (SSSR count). The molecule has 0 bridgehead atoms. The number of imidazole rings is 1. The molecule has 29 heavy (non-hydrogen) atoms. The van der Waals surface area contributed by atoms with Crippen molar-refractivity contribution >= 4 is 29.9 Å².